The molecule has 1 unspecified atom stereocenters. The number of carboxylic acids is 1. The van der Waals surface area contributed by atoms with Crippen molar-refractivity contribution in [1.29, 1.82) is 0 Å². The van der Waals surface area contributed by atoms with Gasteiger partial charge in [0.05, 0.1) is 11.1 Å². The van der Waals surface area contributed by atoms with Crippen LogP contribution in [0.15, 0.2) is 24.3 Å². The number of aryl methyl sites for hydroxylation is 1. The second-order valence-corrected chi connectivity index (χ2v) is 6.10. The monoisotopic (exact) mass is 336 g/mol. The number of carbonyl (C=O) groups excluding carboxylic acids is 1. The van der Waals surface area contributed by atoms with Crippen molar-refractivity contribution in [3.63, 3.8) is 0 Å². The van der Waals surface area contributed by atoms with Crippen molar-refractivity contribution in [3.05, 3.63) is 41.3 Å². The molecule has 0 aliphatic carbocycles. The molecule has 122 valence electrons. The second-order valence-electron chi connectivity index (χ2n) is 5.12. The van der Waals surface area contributed by atoms with Gasteiger partial charge in [-0.15, -0.1) is 0 Å². The van der Waals surface area contributed by atoms with Crippen LogP contribution in [0.5, 0.6) is 0 Å². The number of carbonyl (C=O) groups is 2. The van der Waals surface area contributed by atoms with Gasteiger partial charge in [-0.05, 0) is 49.6 Å². The molecule has 1 atom stereocenters. The van der Waals surface area contributed by atoms with E-state index in [1.807, 2.05) is 6.26 Å². The van der Waals surface area contributed by atoms with Crippen LogP contribution >= 0.6 is 11.8 Å². The van der Waals surface area contributed by atoms with Crippen LogP contribution in [0.3, 0.4) is 0 Å². The molecule has 5 nitrogen and oxygen atoms in total. The van der Waals surface area contributed by atoms with Gasteiger partial charge in [0, 0.05) is 11.1 Å². The Morgan fingerprint density at radius 2 is 2.13 bits per heavy atom. The Labute approximate surface area is 137 Å². The fraction of sp³-hybridized carbons (Fsp3) is 0.312. The summed E-state index contributed by atoms with van der Waals surface area (Å²) in [6, 6.07) is 4.55. The van der Waals surface area contributed by atoms with E-state index in [4.69, 9.17) is 0 Å². The van der Waals surface area contributed by atoms with Gasteiger partial charge in [0.25, 0.3) is 5.91 Å². The second kappa shape index (κ2) is 7.41. The molecule has 0 saturated heterocycles. The van der Waals surface area contributed by atoms with E-state index in [1.165, 1.54) is 36.0 Å². The normalized spacial score (nSPS) is 12.1. The summed E-state index contributed by atoms with van der Waals surface area (Å²) in [6.07, 6.45) is 2.18. The highest BCUT2D eigenvalue weighted by Gasteiger charge is 2.21. The van der Waals surface area contributed by atoms with E-state index in [-0.39, 0.29) is 5.56 Å². The summed E-state index contributed by atoms with van der Waals surface area (Å²) in [4.78, 5) is 28.0. The molecule has 1 heterocycles. The summed E-state index contributed by atoms with van der Waals surface area (Å²) in [5.74, 6) is -1.50. The first-order valence-electron chi connectivity index (χ1n) is 7.02. The summed E-state index contributed by atoms with van der Waals surface area (Å²) in [5.41, 5.74) is 1.32. The van der Waals surface area contributed by atoms with Gasteiger partial charge >= 0.3 is 5.97 Å². The molecular formula is C16H17FN2O3S. The van der Waals surface area contributed by atoms with E-state index in [1.54, 1.807) is 6.92 Å². The van der Waals surface area contributed by atoms with Crippen LogP contribution in [0.25, 0.3) is 10.9 Å². The van der Waals surface area contributed by atoms with Gasteiger partial charge in [0.15, 0.2) is 0 Å². The van der Waals surface area contributed by atoms with E-state index in [0.717, 1.165) is 0 Å². The minimum absolute atomic E-state index is 0.224. The largest absolute Gasteiger partial charge is 0.480 e. The predicted octanol–water partition coefficient (Wildman–Crippen LogP) is 2.62. The number of hydrogen-bond donors (Lipinski definition) is 2. The molecule has 0 bridgehead atoms. The molecule has 0 spiro atoms. The number of fused-ring (bicyclic) bond motifs is 1. The lowest BCUT2D eigenvalue weighted by Gasteiger charge is -2.15. The first-order chi connectivity index (χ1) is 10.9. The van der Waals surface area contributed by atoms with Crippen LogP contribution in [0.4, 0.5) is 4.39 Å². The molecule has 23 heavy (non-hydrogen) atoms. The Balaban J connectivity index is 2.36. The van der Waals surface area contributed by atoms with E-state index < -0.39 is 23.7 Å². The number of carboxylic acid groups (broad SMARTS) is 1. The number of aromatic nitrogens is 1. The molecule has 0 fully saturated rings. The maximum Gasteiger partial charge on any atom is 0.326 e. The van der Waals surface area contributed by atoms with Crippen LogP contribution < -0.4 is 5.32 Å². The zero-order chi connectivity index (χ0) is 17.0. The number of thioether (sulfide) groups is 1. The van der Waals surface area contributed by atoms with Gasteiger partial charge in [0.2, 0.25) is 0 Å². The number of halogens is 1. The Bertz CT molecular complexity index is 751. The highest BCUT2D eigenvalue weighted by Crippen LogP contribution is 2.20. The van der Waals surface area contributed by atoms with E-state index >= 15 is 0 Å². The third kappa shape index (κ3) is 4.19. The molecule has 7 heteroatoms. The van der Waals surface area contributed by atoms with Gasteiger partial charge in [-0.1, -0.05) is 0 Å². The van der Waals surface area contributed by atoms with E-state index in [0.29, 0.717) is 28.8 Å². The smallest absolute Gasteiger partial charge is 0.326 e. The van der Waals surface area contributed by atoms with Gasteiger partial charge in [-0.2, -0.15) is 11.8 Å². The van der Waals surface area contributed by atoms with Crippen molar-refractivity contribution in [2.75, 3.05) is 12.0 Å². The molecule has 1 aromatic heterocycles. The minimum Gasteiger partial charge on any atom is -0.480 e. The van der Waals surface area contributed by atoms with E-state index in [9.17, 15) is 19.1 Å². The third-order valence-corrected chi connectivity index (χ3v) is 4.00. The van der Waals surface area contributed by atoms with Gasteiger partial charge < -0.3 is 10.4 Å². The molecule has 0 radical (unpaired) electrons. The maximum atomic E-state index is 13.5. The third-order valence-electron chi connectivity index (χ3n) is 3.36. The van der Waals surface area contributed by atoms with Crippen molar-refractivity contribution in [2.24, 2.45) is 0 Å². The molecule has 0 aliphatic heterocycles. The van der Waals surface area contributed by atoms with Crippen LogP contribution in [-0.2, 0) is 4.79 Å². The van der Waals surface area contributed by atoms with Crippen molar-refractivity contribution in [2.45, 2.75) is 19.4 Å². The molecule has 2 rings (SSSR count). The number of amides is 1. The first-order valence-corrected chi connectivity index (χ1v) is 8.41. The van der Waals surface area contributed by atoms with Crippen LogP contribution in [0.2, 0.25) is 0 Å². The topological polar surface area (TPSA) is 79.3 Å². The Kier molecular flexibility index (Phi) is 5.54. The Morgan fingerprint density at radius 1 is 1.39 bits per heavy atom. The van der Waals surface area contributed by atoms with Crippen LogP contribution in [-0.4, -0.2) is 40.0 Å². The highest BCUT2D eigenvalue weighted by molar-refractivity contribution is 7.98. The number of benzene rings is 1. The van der Waals surface area contributed by atoms with Crippen molar-refractivity contribution >= 4 is 34.5 Å². The zero-order valence-corrected chi connectivity index (χ0v) is 13.6. The SMILES string of the molecule is CSCCC(NC(=O)c1cc(C)nc2ccc(F)cc12)C(=O)O. The molecule has 0 saturated carbocycles. The van der Waals surface area contributed by atoms with Gasteiger partial charge in [0.1, 0.15) is 11.9 Å². The molecule has 2 aromatic rings. The number of aliphatic carboxylic acids is 1. The zero-order valence-electron chi connectivity index (χ0n) is 12.8. The van der Waals surface area contributed by atoms with Crippen molar-refractivity contribution in [3.8, 4) is 0 Å². The summed E-state index contributed by atoms with van der Waals surface area (Å²) in [5, 5.41) is 12.1. The fourth-order valence-corrected chi connectivity index (χ4v) is 2.72. The lowest BCUT2D eigenvalue weighted by molar-refractivity contribution is -0.139. The molecule has 1 amide bonds. The molecule has 0 aliphatic rings. The van der Waals surface area contributed by atoms with Crippen molar-refractivity contribution < 1.29 is 19.1 Å². The van der Waals surface area contributed by atoms with E-state index in [2.05, 4.69) is 10.3 Å². The average molecular weight is 336 g/mol. The number of hydrogen-bond acceptors (Lipinski definition) is 4. The lowest BCUT2D eigenvalue weighted by atomic mass is 10.1. The van der Waals surface area contributed by atoms with Gasteiger partial charge in [-0.25, -0.2) is 9.18 Å². The predicted molar refractivity (Wildman–Crippen MR) is 88.3 cm³/mol. The summed E-state index contributed by atoms with van der Waals surface area (Å²) >= 11 is 1.50. The Morgan fingerprint density at radius 3 is 2.78 bits per heavy atom. The minimum atomic E-state index is -1.09. The summed E-state index contributed by atoms with van der Waals surface area (Å²) in [7, 11) is 0. The quantitative estimate of drug-likeness (QED) is 0.848. The number of nitrogens with one attached hydrogen (secondary N) is 1. The van der Waals surface area contributed by atoms with Crippen LogP contribution in [0.1, 0.15) is 22.5 Å². The number of pyridine rings is 1. The Hall–Kier alpha value is -2.15. The lowest BCUT2D eigenvalue weighted by Crippen LogP contribution is -2.41. The van der Waals surface area contributed by atoms with Crippen LogP contribution in [0, 0.1) is 12.7 Å². The van der Waals surface area contributed by atoms with Gasteiger partial charge in [-0.3, -0.25) is 9.78 Å². The molecule has 1 aromatic carbocycles. The molecular weight excluding hydrogens is 319 g/mol. The van der Waals surface area contributed by atoms with Crippen molar-refractivity contribution in [1.82, 2.24) is 10.3 Å². The number of rotatable bonds is 6. The maximum absolute atomic E-state index is 13.5. The molecule has 2 N–H and O–H groups in total. The first kappa shape index (κ1) is 17.2. The standard InChI is InChI=1S/C16H17FN2O3S/c1-9-7-12(11-8-10(17)3-4-13(11)18-9)15(20)19-14(16(21)22)5-6-23-2/h3-4,7-8,14H,5-6H2,1-2H3,(H,19,20)(H,21,22). The summed E-state index contributed by atoms with van der Waals surface area (Å²) in [6.45, 7) is 1.72. The fourth-order valence-electron chi connectivity index (χ4n) is 2.25. The highest BCUT2D eigenvalue weighted by atomic mass is 32.2. The average Bonchev–Trinajstić information content (AvgIpc) is 2.50. The number of nitrogens with zero attached hydrogens (tertiary/aromatic N) is 1. The summed E-state index contributed by atoms with van der Waals surface area (Å²) < 4.78 is 13.5.